The number of nitro benzene ring substituents is 1. The quantitative estimate of drug-likeness (QED) is 0.483. The Hall–Kier alpha value is -2.21. The Kier molecular flexibility index (Phi) is 5.69. The highest BCUT2D eigenvalue weighted by Crippen LogP contribution is 2.22. The molecule has 6 heteroatoms. The molecule has 0 unspecified atom stereocenters. The van der Waals surface area contributed by atoms with E-state index in [1.165, 1.54) is 18.2 Å². The van der Waals surface area contributed by atoms with Crippen molar-refractivity contribution in [1.29, 1.82) is 0 Å². The number of nitrogens with one attached hydrogen (secondary N) is 1. The molecule has 19 heavy (non-hydrogen) atoms. The van der Waals surface area contributed by atoms with Crippen molar-refractivity contribution in [3.8, 4) is 0 Å². The van der Waals surface area contributed by atoms with Crippen LogP contribution in [0.1, 0.15) is 22.8 Å². The van der Waals surface area contributed by atoms with Crippen molar-refractivity contribution in [1.82, 2.24) is 5.32 Å². The topological polar surface area (TPSA) is 81.5 Å². The molecule has 0 fully saturated rings. The number of benzene rings is 1. The first-order valence-electron chi connectivity index (χ1n) is 5.86. The fourth-order valence-electron chi connectivity index (χ4n) is 1.49. The second-order valence-electron chi connectivity index (χ2n) is 3.71. The smallest absolute Gasteiger partial charge is 0.338 e. The Balaban J connectivity index is 3.07. The van der Waals surface area contributed by atoms with Crippen LogP contribution in [-0.2, 0) is 4.74 Å². The molecular formula is C13H16N2O4. The van der Waals surface area contributed by atoms with Gasteiger partial charge in [0.15, 0.2) is 0 Å². The fourth-order valence-corrected chi connectivity index (χ4v) is 1.49. The highest BCUT2D eigenvalue weighted by molar-refractivity contribution is 5.90. The normalized spacial score (nSPS) is 10.6. The molecular weight excluding hydrogens is 248 g/mol. The van der Waals surface area contributed by atoms with Crippen molar-refractivity contribution in [2.75, 3.05) is 20.2 Å². The summed E-state index contributed by atoms with van der Waals surface area (Å²) in [6.45, 7) is 2.52. The second-order valence-corrected chi connectivity index (χ2v) is 3.71. The van der Waals surface area contributed by atoms with Crippen LogP contribution in [0.4, 0.5) is 5.69 Å². The summed E-state index contributed by atoms with van der Waals surface area (Å²) in [7, 11) is 1.78. The zero-order chi connectivity index (χ0) is 14.3. The fraction of sp³-hybridized carbons (Fsp3) is 0.308. The number of ether oxygens (including phenoxy) is 1. The van der Waals surface area contributed by atoms with E-state index in [2.05, 4.69) is 5.32 Å². The molecule has 1 aromatic carbocycles. The lowest BCUT2D eigenvalue weighted by atomic mass is 10.1. The van der Waals surface area contributed by atoms with Crippen LogP contribution in [0.3, 0.4) is 0 Å². The number of hydrogen-bond acceptors (Lipinski definition) is 5. The summed E-state index contributed by atoms with van der Waals surface area (Å²) in [4.78, 5) is 22.0. The van der Waals surface area contributed by atoms with Crippen molar-refractivity contribution in [2.45, 2.75) is 6.92 Å². The lowest BCUT2D eigenvalue weighted by Gasteiger charge is -2.03. The molecule has 0 saturated heterocycles. The number of rotatable bonds is 6. The van der Waals surface area contributed by atoms with Crippen LogP contribution in [0.25, 0.3) is 6.08 Å². The molecule has 0 amide bonds. The van der Waals surface area contributed by atoms with Crippen LogP contribution in [0.2, 0.25) is 0 Å². The van der Waals surface area contributed by atoms with Crippen molar-refractivity contribution in [2.24, 2.45) is 0 Å². The monoisotopic (exact) mass is 264 g/mol. The number of nitrogens with zero attached hydrogens (tertiary/aromatic N) is 1. The van der Waals surface area contributed by atoms with Gasteiger partial charge in [-0.2, -0.15) is 0 Å². The van der Waals surface area contributed by atoms with Gasteiger partial charge in [-0.1, -0.05) is 12.2 Å². The van der Waals surface area contributed by atoms with Crippen LogP contribution < -0.4 is 5.32 Å². The van der Waals surface area contributed by atoms with Gasteiger partial charge in [0.2, 0.25) is 0 Å². The molecule has 0 saturated carbocycles. The third kappa shape index (κ3) is 4.18. The second kappa shape index (κ2) is 7.27. The van der Waals surface area contributed by atoms with Crippen molar-refractivity contribution < 1.29 is 14.5 Å². The van der Waals surface area contributed by atoms with E-state index < -0.39 is 10.9 Å². The minimum absolute atomic E-state index is 0.113. The Morgan fingerprint density at radius 1 is 1.53 bits per heavy atom. The van der Waals surface area contributed by atoms with Gasteiger partial charge in [-0.15, -0.1) is 0 Å². The maximum absolute atomic E-state index is 11.5. The van der Waals surface area contributed by atoms with E-state index in [1.54, 1.807) is 26.1 Å². The predicted octanol–water partition coefficient (Wildman–Crippen LogP) is 2.00. The van der Waals surface area contributed by atoms with Gasteiger partial charge in [0.05, 0.1) is 22.7 Å². The molecule has 0 aliphatic heterocycles. The molecule has 0 aliphatic rings. The largest absolute Gasteiger partial charge is 0.462 e. The van der Waals surface area contributed by atoms with Crippen LogP contribution >= 0.6 is 0 Å². The summed E-state index contributed by atoms with van der Waals surface area (Å²) in [5, 5.41) is 13.9. The lowest BCUT2D eigenvalue weighted by Crippen LogP contribution is -2.06. The minimum Gasteiger partial charge on any atom is -0.462 e. The van der Waals surface area contributed by atoms with Gasteiger partial charge in [-0.25, -0.2) is 4.79 Å². The maximum atomic E-state index is 11.5. The highest BCUT2D eigenvalue weighted by Gasteiger charge is 2.16. The molecule has 102 valence electrons. The zero-order valence-corrected chi connectivity index (χ0v) is 10.9. The number of esters is 1. The number of carbonyl (C=O) groups is 1. The lowest BCUT2D eigenvalue weighted by molar-refractivity contribution is -0.385. The first kappa shape index (κ1) is 14.8. The summed E-state index contributed by atoms with van der Waals surface area (Å²) in [5.74, 6) is -0.559. The van der Waals surface area contributed by atoms with Gasteiger partial charge in [0, 0.05) is 12.6 Å². The molecule has 0 heterocycles. The van der Waals surface area contributed by atoms with Crippen LogP contribution in [0.15, 0.2) is 24.3 Å². The first-order chi connectivity index (χ1) is 9.10. The standard InChI is InChI=1S/C13H16N2O4/c1-3-19-13(16)11-7-6-10(5-4-8-14-2)12(9-11)15(17)18/h4-7,9,14H,3,8H2,1-2H3. The van der Waals surface area contributed by atoms with Crippen molar-refractivity contribution in [3.63, 3.8) is 0 Å². The van der Waals surface area contributed by atoms with Crippen LogP contribution in [-0.4, -0.2) is 31.1 Å². The molecule has 0 aromatic heterocycles. The average molecular weight is 264 g/mol. The summed E-state index contributed by atoms with van der Waals surface area (Å²) < 4.78 is 4.81. The summed E-state index contributed by atoms with van der Waals surface area (Å²) in [6.07, 6.45) is 3.41. The SMILES string of the molecule is CCOC(=O)c1ccc(C=CCNC)c([N+](=O)[O-])c1. The van der Waals surface area contributed by atoms with E-state index in [1.807, 2.05) is 0 Å². The van der Waals surface area contributed by atoms with Gasteiger partial charge in [0.1, 0.15) is 0 Å². The van der Waals surface area contributed by atoms with E-state index in [0.29, 0.717) is 12.1 Å². The van der Waals surface area contributed by atoms with Gasteiger partial charge in [0.25, 0.3) is 5.69 Å². The van der Waals surface area contributed by atoms with Gasteiger partial charge >= 0.3 is 5.97 Å². The molecule has 1 N–H and O–H groups in total. The third-order valence-corrected chi connectivity index (χ3v) is 2.36. The average Bonchev–Trinajstić information content (AvgIpc) is 2.39. The number of carbonyl (C=O) groups excluding carboxylic acids is 1. The Bertz CT molecular complexity index is 497. The van der Waals surface area contributed by atoms with Crippen LogP contribution in [0.5, 0.6) is 0 Å². The van der Waals surface area contributed by atoms with Crippen molar-refractivity contribution in [3.05, 3.63) is 45.5 Å². The minimum atomic E-state index is -0.559. The molecule has 0 spiro atoms. The maximum Gasteiger partial charge on any atom is 0.338 e. The molecule has 0 radical (unpaired) electrons. The number of nitro groups is 1. The van der Waals surface area contributed by atoms with Gasteiger partial charge in [-0.05, 0) is 26.1 Å². The molecule has 1 rings (SSSR count). The highest BCUT2D eigenvalue weighted by atomic mass is 16.6. The Labute approximate surface area is 111 Å². The molecule has 0 atom stereocenters. The van der Waals surface area contributed by atoms with E-state index in [0.717, 1.165) is 0 Å². The van der Waals surface area contributed by atoms with E-state index in [-0.39, 0.29) is 17.9 Å². The summed E-state index contributed by atoms with van der Waals surface area (Å²) in [6, 6.07) is 4.29. The molecule has 0 aliphatic carbocycles. The van der Waals surface area contributed by atoms with Gasteiger partial charge in [-0.3, -0.25) is 10.1 Å². The van der Waals surface area contributed by atoms with E-state index in [9.17, 15) is 14.9 Å². The Morgan fingerprint density at radius 2 is 2.26 bits per heavy atom. The van der Waals surface area contributed by atoms with E-state index >= 15 is 0 Å². The number of hydrogen-bond donors (Lipinski definition) is 1. The van der Waals surface area contributed by atoms with E-state index in [4.69, 9.17) is 4.74 Å². The van der Waals surface area contributed by atoms with Crippen molar-refractivity contribution >= 4 is 17.7 Å². The molecule has 1 aromatic rings. The molecule has 0 bridgehead atoms. The third-order valence-electron chi connectivity index (χ3n) is 2.36. The summed E-state index contributed by atoms with van der Waals surface area (Å²) >= 11 is 0. The Morgan fingerprint density at radius 3 is 2.84 bits per heavy atom. The number of likely N-dealkylation sites (N-methyl/N-ethyl adjacent to an activating group) is 1. The predicted molar refractivity (Wildman–Crippen MR) is 72.0 cm³/mol. The molecule has 6 nitrogen and oxygen atoms in total. The van der Waals surface area contributed by atoms with Gasteiger partial charge < -0.3 is 10.1 Å². The first-order valence-corrected chi connectivity index (χ1v) is 5.86. The van der Waals surface area contributed by atoms with Crippen LogP contribution in [0, 0.1) is 10.1 Å². The summed E-state index contributed by atoms with van der Waals surface area (Å²) in [5.41, 5.74) is 0.519. The zero-order valence-electron chi connectivity index (χ0n) is 10.9.